The molecule has 5 nitrogen and oxygen atoms in total. The van der Waals surface area contributed by atoms with E-state index in [0.29, 0.717) is 0 Å². The third-order valence-electron chi connectivity index (χ3n) is 1.10. The van der Waals surface area contributed by atoms with E-state index in [1.165, 1.54) is 0 Å². The lowest BCUT2D eigenvalue weighted by atomic mass is 10.1. The average Bonchev–Trinajstić information content (AvgIpc) is 2.19. The normalized spacial score (nSPS) is 11.1. The Morgan fingerprint density at radius 2 is 1.07 bits per heavy atom. The maximum atomic E-state index is 8.58. The van der Waals surface area contributed by atoms with Crippen molar-refractivity contribution in [2.24, 2.45) is 10.2 Å². The van der Waals surface area contributed by atoms with Crippen LogP contribution in [0.3, 0.4) is 0 Å². The standard InChI is InChI=1S/C8H12N4.CH4O/c1-7(2,5-9)11-12-8(3,4)6-10;1-2/h1-4H3;2H,1H3. The highest BCUT2D eigenvalue weighted by Gasteiger charge is 2.19. The molecule has 0 radical (unpaired) electrons. The number of nitrogens with zero attached hydrogens (tertiary/aromatic N) is 4. The van der Waals surface area contributed by atoms with Crippen molar-refractivity contribution in [1.29, 1.82) is 10.5 Å². The Hall–Kier alpha value is -1.46. The van der Waals surface area contributed by atoms with Crippen LogP contribution in [0.2, 0.25) is 0 Å². The second-order valence-electron chi connectivity index (χ2n) is 3.54. The highest BCUT2D eigenvalue weighted by atomic mass is 16.2. The molecule has 0 aliphatic rings. The van der Waals surface area contributed by atoms with Gasteiger partial charge in [0.05, 0.1) is 12.1 Å². The zero-order valence-corrected chi connectivity index (χ0v) is 9.24. The van der Waals surface area contributed by atoms with Crippen LogP contribution in [0.1, 0.15) is 27.7 Å². The number of hydrogen-bond donors (Lipinski definition) is 1. The van der Waals surface area contributed by atoms with Crippen molar-refractivity contribution < 1.29 is 5.11 Å². The number of nitriles is 2. The average molecular weight is 196 g/mol. The Labute approximate surface area is 84.7 Å². The summed E-state index contributed by atoms with van der Waals surface area (Å²) in [5.41, 5.74) is -1.68. The molecule has 14 heavy (non-hydrogen) atoms. The Bertz CT molecular complexity index is 240. The first-order valence-electron chi connectivity index (χ1n) is 4.04. The van der Waals surface area contributed by atoms with E-state index < -0.39 is 11.1 Å². The van der Waals surface area contributed by atoms with Gasteiger partial charge in [0.25, 0.3) is 0 Å². The molecule has 5 heteroatoms. The number of azo groups is 1. The molecule has 0 atom stereocenters. The fraction of sp³-hybridized carbons (Fsp3) is 0.778. The minimum absolute atomic E-state index is 0.839. The summed E-state index contributed by atoms with van der Waals surface area (Å²) in [6.07, 6.45) is 0. The first-order chi connectivity index (χ1) is 6.33. The molecule has 78 valence electrons. The third kappa shape index (κ3) is 7.20. The molecule has 0 amide bonds. The van der Waals surface area contributed by atoms with Crippen molar-refractivity contribution in [2.45, 2.75) is 38.8 Å². The van der Waals surface area contributed by atoms with Crippen LogP contribution in [0.25, 0.3) is 0 Å². The van der Waals surface area contributed by atoms with E-state index in [9.17, 15) is 0 Å². The van der Waals surface area contributed by atoms with Gasteiger partial charge in [-0.1, -0.05) is 0 Å². The summed E-state index contributed by atoms with van der Waals surface area (Å²) < 4.78 is 0. The molecule has 0 unspecified atom stereocenters. The summed E-state index contributed by atoms with van der Waals surface area (Å²) in [6, 6.07) is 3.94. The van der Waals surface area contributed by atoms with Crippen molar-refractivity contribution in [3.05, 3.63) is 0 Å². The first-order valence-corrected chi connectivity index (χ1v) is 4.04. The lowest BCUT2D eigenvalue weighted by Gasteiger charge is -2.11. The molecule has 0 bridgehead atoms. The maximum absolute atomic E-state index is 8.58. The molecular formula is C9H16N4O. The second-order valence-corrected chi connectivity index (χ2v) is 3.54. The highest BCUT2D eigenvalue weighted by Crippen LogP contribution is 2.13. The van der Waals surface area contributed by atoms with Crippen LogP contribution in [0.15, 0.2) is 10.2 Å². The van der Waals surface area contributed by atoms with Crippen LogP contribution >= 0.6 is 0 Å². The molecule has 0 fully saturated rings. The minimum atomic E-state index is -0.839. The van der Waals surface area contributed by atoms with E-state index in [0.717, 1.165) is 7.11 Å². The predicted molar refractivity (Wildman–Crippen MR) is 52.4 cm³/mol. The van der Waals surface area contributed by atoms with Crippen LogP contribution < -0.4 is 0 Å². The van der Waals surface area contributed by atoms with E-state index in [1.807, 2.05) is 12.1 Å². The van der Waals surface area contributed by atoms with Gasteiger partial charge in [-0.25, -0.2) is 0 Å². The van der Waals surface area contributed by atoms with Gasteiger partial charge in [-0.05, 0) is 27.7 Å². The monoisotopic (exact) mass is 196 g/mol. The summed E-state index contributed by atoms with van der Waals surface area (Å²) in [7, 11) is 1.00. The minimum Gasteiger partial charge on any atom is -0.400 e. The summed E-state index contributed by atoms with van der Waals surface area (Å²) in [5, 5.41) is 31.7. The van der Waals surface area contributed by atoms with Gasteiger partial charge in [0.1, 0.15) is 0 Å². The van der Waals surface area contributed by atoms with E-state index in [2.05, 4.69) is 10.2 Å². The van der Waals surface area contributed by atoms with Gasteiger partial charge in [-0.2, -0.15) is 20.8 Å². The van der Waals surface area contributed by atoms with Crippen molar-refractivity contribution in [2.75, 3.05) is 7.11 Å². The van der Waals surface area contributed by atoms with Gasteiger partial charge in [0, 0.05) is 7.11 Å². The predicted octanol–water partition coefficient (Wildman–Crippen LogP) is 1.65. The van der Waals surface area contributed by atoms with Crippen LogP contribution in [0, 0.1) is 22.7 Å². The van der Waals surface area contributed by atoms with Gasteiger partial charge in [-0.15, -0.1) is 0 Å². The van der Waals surface area contributed by atoms with Gasteiger partial charge in [0.2, 0.25) is 0 Å². The Kier molecular flexibility index (Phi) is 6.51. The topological polar surface area (TPSA) is 92.5 Å². The van der Waals surface area contributed by atoms with E-state index >= 15 is 0 Å². The summed E-state index contributed by atoms with van der Waals surface area (Å²) >= 11 is 0. The molecule has 0 heterocycles. The van der Waals surface area contributed by atoms with Gasteiger partial charge >= 0.3 is 0 Å². The zero-order valence-electron chi connectivity index (χ0n) is 9.24. The lowest BCUT2D eigenvalue weighted by Crippen LogP contribution is -2.17. The van der Waals surface area contributed by atoms with Crippen LogP contribution in [-0.2, 0) is 0 Å². The third-order valence-corrected chi connectivity index (χ3v) is 1.10. The van der Waals surface area contributed by atoms with Gasteiger partial charge < -0.3 is 5.11 Å². The zero-order chi connectivity index (χ0) is 11.8. The number of rotatable bonds is 2. The van der Waals surface area contributed by atoms with Gasteiger partial charge in [0.15, 0.2) is 11.1 Å². The van der Waals surface area contributed by atoms with Crippen LogP contribution in [0.4, 0.5) is 0 Å². The molecule has 0 saturated heterocycles. The quantitative estimate of drug-likeness (QED) is 0.680. The molecule has 0 rings (SSSR count). The maximum Gasteiger partial charge on any atom is 0.162 e. The first kappa shape index (κ1) is 15.0. The molecule has 0 spiro atoms. The van der Waals surface area contributed by atoms with Crippen molar-refractivity contribution >= 4 is 0 Å². The van der Waals surface area contributed by atoms with Crippen LogP contribution in [0.5, 0.6) is 0 Å². The Morgan fingerprint density at radius 1 is 0.857 bits per heavy atom. The largest absolute Gasteiger partial charge is 0.400 e. The molecule has 1 N–H and O–H groups in total. The van der Waals surface area contributed by atoms with Gasteiger partial charge in [-0.3, -0.25) is 0 Å². The fourth-order valence-corrected chi connectivity index (χ4v) is 0.295. The number of aliphatic hydroxyl groups is 1. The number of hydrogen-bond acceptors (Lipinski definition) is 5. The molecule has 0 aromatic rings. The SMILES string of the molecule is CC(C)(C#N)N=NC(C)(C)C#N.CO. The molecule has 0 aliphatic carbocycles. The molecule has 0 aromatic carbocycles. The van der Waals surface area contributed by atoms with Crippen molar-refractivity contribution in [3.63, 3.8) is 0 Å². The number of aliphatic hydroxyl groups excluding tert-OH is 1. The molecule has 0 aromatic heterocycles. The van der Waals surface area contributed by atoms with E-state index in [1.54, 1.807) is 27.7 Å². The Balaban J connectivity index is 0. The summed E-state index contributed by atoms with van der Waals surface area (Å²) in [4.78, 5) is 0. The summed E-state index contributed by atoms with van der Waals surface area (Å²) in [5.74, 6) is 0. The van der Waals surface area contributed by atoms with Crippen molar-refractivity contribution in [3.8, 4) is 12.1 Å². The van der Waals surface area contributed by atoms with Crippen LogP contribution in [-0.4, -0.2) is 23.3 Å². The van der Waals surface area contributed by atoms with E-state index in [4.69, 9.17) is 15.6 Å². The Morgan fingerprint density at radius 3 is 1.21 bits per heavy atom. The van der Waals surface area contributed by atoms with Crippen molar-refractivity contribution in [1.82, 2.24) is 0 Å². The smallest absolute Gasteiger partial charge is 0.162 e. The molecule has 0 aliphatic heterocycles. The lowest BCUT2D eigenvalue weighted by molar-refractivity contribution is 0.399. The fourth-order valence-electron chi connectivity index (χ4n) is 0.295. The molecular weight excluding hydrogens is 180 g/mol. The van der Waals surface area contributed by atoms with E-state index in [-0.39, 0.29) is 0 Å². The summed E-state index contributed by atoms with van der Waals surface area (Å²) in [6.45, 7) is 6.57. The second kappa shape index (κ2) is 6.06. The molecule has 0 saturated carbocycles. The highest BCUT2D eigenvalue weighted by molar-refractivity contribution is 5.03.